The number of benzene rings is 1. The fourth-order valence-electron chi connectivity index (χ4n) is 2.47. The van der Waals surface area contributed by atoms with E-state index in [1.807, 2.05) is 11.9 Å². The Morgan fingerprint density at radius 3 is 2.39 bits per heavy atom. The zero-order valence-electron chi connectivity index (χ0n) is 11.5. The van der Waals surface area contributed by atoms with Crippen LogP contribution in [-0.2, 0) is 0 Å². The van der Waals surface area contributed by atoms with Crippen molar-refractivity contribution in [3.05, 3.63) is 24.3 Å². The van der Waals surface area contributed by atoms with Crippen molar-refractivity contribution in [2.75, 3.05) is 25.0 Å². The van der Waals surface area contributed by atoms with Crippen LogP contribution in [0.5, 0.6) is 0 Å². The quantitative estimate of drug-likeness (QED) is 0.745. The van der Waals surface area contributed by atoms with Gasteiger partial charge < -0.3 is 4.90 Å². The minimum absolute atomic E-state index is 0.101. The van der Waals surface area contributed by atoms with E-state index in [-0.39, 0.29) is 6.03 Å². The maximum Gasteiger partial charge on any atom is 0.324 e. The van der Waals surface area contributed by atoms with Crippen LogP contribution in [0.1, 0.15) is 13.3 Å². The fourth-order valence-corrected chi connectivity index (χ4v) is 2.47. The molecule has 0 radical (unpaired) electrons. The molecule has 1 saturated heterocycles. The predicted octanol–water partition coefficient (Wildman–Crippen LogP) is 2.30. The second kappa shape index (κ2) is 5.47. The highest BCUT2D eigenvalue weighted by Crippen LogP contribution is 2.18. The van der Waals surface area contributed by atoms with E-state index in [0.29, 0.717) is 6.71 Å². The molecule has 1 aromatic carbocycles. The summed E-state index contributed by atoms with van der Waals surface area (Å²) in [5, 5.41) is 0. The lowest BCUT2D eigenvalue weighted by Crippen LogP contribution is -2.30. The summed E-state index contributed by atoms with van der Waals surface area (Å²) in [6.07, 6.45) is 2.42. The number of amides is 2. The average molecular weight is 244 g/mol. The van der Waals surface area contributed by atoms with Crippen LogP contribution < -0.4 is 10.4 Å². The molecule has 0 unspecified atom stereocenters. The van der Waals surface area contributed by atoms with Crippen molar-refractivity contribution in [3.8, 4) is 0 Å². The van der Waals surface area contributed by atoms with Gasteiger partial charge in [-0.05, 0) is 12.1 Å². The Bertz CT molecular complexity index is 418. The van der Waals surface area contributed by atoms with Gasteiger partial charge >= 0.3 is 6.03 Å². The largest absolute Gasteiger partial charge is 0.326 e. The van der Waals surface area contributed by atoms with Crippen LogP contribution in [0.4, 0.5) is 10.5 Å². The van der Waals surface area contributed by atoms with E-state index in [1.165, 1.54) is 18.2 Å². The molecule has 0 aliphatic carbocycles. The standard InChI is InChI=1S/C14H21BN2O/c1-4-9-15(2)12-5-7-13(8-6-12)17-11-10-16(3)14(17)18/h5-8H,4,9-11H2,1-3H3. The minimum Gasteiger partial charge on any atom is -0.326 e. The van der Waals surface area contributed by atoms with Crippen molar-refractivity contribution in [3.63, 3.8) is 0 Å². The maximum absolute atomic E-state index is 11.9. The van der Waals surface area contributed by atoms with Crippen LogP contribution in [0.15, 0.2) is 24.3 Å². The molecule has 1 aliphatic rings. The predicted molar refractivity (Wildman–Crippen MR) is 78.2 cm³/mol. The van der Waals surface area contributed by atoms with Crippen molar-refractivity contribution in [1.82, 2.24) is 4.90 Å². The second-order valence-corrected chi connectivity index (χ2v) is 5.14. The Balaban J connectivity index is 2.10. The first-order chi connectivity index (χ1) is 8.63. The zero-order valence-corrected chi connectivity index (χ0v) is 11.5. The molecule has 1 aromatic rings. The molecule has 2 amide bonds. The molecule has 0 N–H and O–H groups in total. The summed E-state index contributed by atoms with van der Waals surface area (Å²) in [7, 11) is 1.85. The van der Waals surface area contributed by atoms with Crippen molar-refractivity contribution in [2.24, 2.45) is 0 Å². The molecule has 2 rings (SSSR count). The molecule has 0 atom stereocenters. The smallest absolute Gasteiger partial charge is 0.324 e. The normalized spacial score (nSPS) is 15.4. The first-order valence-corrected chi connectivity index (χ1v) is 6.76. The number of hydrogen-bond donors (Lipinski definition) is 0. The van der Waals surface area contributed by atoms with Gasteiger partial charge in [0.15, 0.2) is 6.71 Å². The van der Waals surface area contributed by atoms with Gasteiger partial charge in [0.1, 0.15) is 0 Å². The molecule has 1 aliphatic heterocycles. The molecular weight excluding hydrogens is 223 g/mol. The summed E-state index contributed by atoms with van der Waals surface area (Å²) in [6.45, 7) is 6.67. The number of rotatable bonds is 4. The fraction of sp³-hybridized carbons (Fsp3) is 0.500. The second-order valence-electron chi connectivity index (χ2n) is 5.14. The van der Waals surface area contributed by atoms with Crippen LogP contribution >= 0.6 is 0 Å². The Kier molecular flexibility index (Phi) is 3.95. The van der Waals surface area contributed by atoms with Crippen LogP contribution in [0, 0.1) is 0 Å². The summed E-state index contributed by atoms with van der Waals surface area (Å²) >= 11 is 0. The molecule has 0 bridgehead atoms. The summed E-state index contributed by atoms with van der Waals surface area (Å²) in [4.78, 5) is 15.5. The van der Waals surface area contributed by atoms with E-state index in [4.69, 9.17) is 0 Å². The van der Waals surface area contributed by atoms with E-state index in [0.717, 1.165) is 18.8 Å². The first-order valence-electron chi connectivity index (χ1n) is 6.76. The molecule has 0 aromatic heterocycles. The topological polar surface area (TPSA) is 23.6 Å². The number of likely N-dealkylation sites (N-methyl/N-ethyl adjacent to an activating group) is 1. The number of carbonyl (C=O) groups is 1. The Labute approximate surface area is 110 Å². The van der Waals surface area contributed by atoms with Crippen LogP contribution in [0.25, 0.3) is 0 Å². The Morgan fingerprint density at radius 2 is 1.89 bits per heavy atom. The van der Waals surface area contributed by atoms with E-state index in [2.05, 4.69) is 38.0 Å². The van der Waals surface area contributed by atoms with Crippen molar-refractivity contribution in [1.29, 1.82) is 0 Å². The third kappa shape index (κ3) is 2.52. The summed E-state index contributed by atoms with van der Waals surface area (Å²) in [5.41, 5.74) is 2.37. The molecule has 1 fully saturated rings. The monoisotopic (exact) mass is 244 g/mol. The van der Waals surface area contributed by atoms with Gasteiger partial charge in [0.25, 0.3) is 0 Å². The van der Waals surface area contributed by atoms with Gasteiger partial charge in [-0.2, -0.15) is 0 Å². The lowest BCUT2D eigenvalue weighted by molar-refractivity contribution is 0.229. The lowest BCUT2D eigenvalue weighted by atomic mass is 9.44. The van der Waals surface area contributed by atoms with E-state index in [9.17, 15) is 4.79 Å². The van der Waals surface area contributed by atoms with Crippen molar-refractivity contribution >= 4 is 23.9 Å². The Morgan fingerprint density at radius 1 is 1.22 bits per heavy atom. The number of carbonyl (C=O) groups excluding carboxylic acids is 1. The van der Waals surface area contributed by atoms with E-state index < -0.39 is 0 Å². The summed E-state index contributed by atoms with van der Waals surface area (Å²) < 4.78 is 0. The molecule has 3 nitrogen and oxygen atoms in total. The first kappa shape index (κ1) is 13.0. The van der Waals surface area contributed by atoms with Crippen molar-refractivity contribution < 1.29 is 4.79 Å². The SMILES string of the molecule is CCCB(C)c1ccc(N2CCN(C)C2=O)cc1. The summed E-state index contributed by atoms with van der Waals surface area (Å²) in [6, 6.07) is 8.55. The minimum atomic E-state index is 0.101. The van der Waals surface area contributed by atoms with Gasteiger partial charge in [0.05, 0.1) is 0 Å². The molecule has 4 heteroatoms. The molecule has 0 saturated carbocycles. The van der Waals surface area contributed by atoms with Gasteiger partial charge in [0, 0.05) is 25.8 Å². The molecule has 18 heavy (non-hydrogen) atoms. The van der Waals surface area contributed by atoms with Gasteiger partial charge in [-0.3, -0.25) is 4.90 Å². The molecule has 1 heterocycles. The highest BCUT2D eigenvalue weighted by atomic mass is 16.2. The summed E-state index contributed by atoms with van der Waals surface area (Å²) in [5.74, 6) is 0. The van der Waals surface area contributed by atoms with E-state index >= 15 is 0 Å². The average Bonchev–Trinajstić information content (AvgIpc) is 2.71. The molecule has 96 valence electrons. The number of nitrogens with zero attached hydrogens (tertiary/aromatic N) is 2. The highest BCUT2D eigenvalue weighted by Gasteiger charge is 2.26. The maximum atomic E-state index is 11.9. The third-order valence-corrected chi connectivity index (χ3v) is 3.71. The van der Waals surface area contributed by atoms with Crippen molar-refractivity contribution in [2.45, 2.75) is 26.5 Å². The number of hydrogen-bond acceptors (Lipinski definition) is 1. The third-order valence-electron chi connectivity index (χ3n) is 3.71. The van der Waals surface area contributed by atoms with Crippen LogP contribution in [0.3, 0.4) is 0 Å². The zero-order chi connectivity index (χ0) is 13.1. The van der Waals surface area contributed by atoms with Gasteiger partial charge in [-0.15, -0.1) is 0 Å². The van der Waals surface area contributed by atoms with Gasteiger partial charge in [0.2, 0.25) is 0 Å². The highest BCUT2D eigenvalue weighted by molar-refractivity contribution is 6.72. The lowest BCUT2D eigenvalue weighted by Gasteiger charge is -2.17. The molecular formula is C14H21BN2O. The van der Waals surface area contributed by atoms with E-state index in [1.54, 1.807) is 4.90 Å². The van der Waals surface area contributed by atoms with Crippen LogP contribution in [-0.4, -0.2) is 37.8 Å². The van der Waals surface area contributed by atoms with Gasteiger partial charge in [-0.25, -0.2) is 4.79 Å². The van der Waals surface area contributed by atoms with Crippen LogP contribution in [0.2, 0.25) is 13.1 Å². The van der Waals surface area contributed by atoms with Gasteiger partial charge in [-0.1, -0.05) is 44.1 Å². The molecule has 0 spiro atoms. The number of urea groups is 1. The number of anilines is 1. The Hall–Kier alpha value is -1.45.